The summed E-state index contributed by atoms with van der Waals surface area (Å²) in [7, 11) is 0. The van der Waals surface area contributed by atoms with Gasteiger partial charge < -0.3 is 0 Å². The van der Waals surface area contributed by atoms with Gasteiger partial charge in [0.2, 0.25) is 0 Å². The van der Waals surface area contributed by atoms with Crippen LogP contribution in [0.2, 0.25) is 0 Å². The fraction of sp³-hybridized carbons (Fsp3) is 0.0172. The summed E-state index contributed by atoms with van der Waals surface area (Å²) in [4.78, 5) is 15.3. The first-order valence-electron chi connectivity index (χ1n) is 20.9. The molecule has 0 bridgehead atoms. The van der Waals surface area contributed by atoms with E-state index in [-0.39, 0.29) is 5.41 Å². The lowest BCUT2D eigenvalue weighted by molar-refractivity contribution is 0.794. The van der Waals surface area contributed by atoms with Gasteiger partial charge in [-0.3, -0.25) is 0 Å². The average Bonchev–Trinajstić information content (AvgIpc) is 3.82. The number of nitrogens with zero attached hydrogens (tertiary/aromatic N) is 3. The summed E-state index contributed by atoms with van der Waals surface area (Å²) in [5.41, 5.74) is 20.0. The van der Waals surface area contributed by atoms with Crippen LogP contribution in [0.5, 0.6) is 0 Å². The SMILES string of the molecule is c1ccc(-c2ccc(-c3nc(-c4ccc(-c5ccccc5)cc4)nc(-c4ccc(-c5cccc6c5-c5ccccc5C65c6ccccc6-c6ccccc65)cc4)n3)cc2)cc1. The molecule has 0 amide bonds. The molecule has 1 aromatic heterocycles. The largest absolute Gasteiger partial charge is 0.208 e. The van der Waals surface area contributed by atoms with E-state index in [4.69, 9.17) is 15.0 Å². The van der Waals surface area contributed by atoms with Gasteiger partial charge in [-0.1, -0.05) is 224 Å². The highest BCUT2D eigenvalue weighted by atomic mass is 15.0. The number of rotatable bonds is 6. The van der Waals surface area contributed by atoms with Gasteiger partial charge in [0, 0.05) is 16.7 Å². The molecule has 3 nitrogen and oxygen atoms in total. The van der Waals surface area contributed by atoms with Crippen LogP contribution in [0.4, 0.5) is 0 Å². The van der Waals surface area contributed by atoms with Crippen molar-refractivity contribution in [2.45, 2.75) is 5.41 Å². The predicted molar refractivity (Wildman–Crippen MR) is 249 cm³/mol. The van der Waals surface area contributed by atoms with Gasteiger partial charge in [0.25, 0.3) is 0 Å². The minimum atomic E-state index is -0.384. The van der Waals surface area contributed by atoms with Crippen LogP contribution in [0.15, 0.2) is 224 Å². The number of hydrogen-bond acceptors (Lipinski definition) is 3. The van der Waals surface area contributed by atoms with Crippen molar-refractivity contribution >= 4 is 0 Å². The summed E-state index contributed by atoms with van der Waals surface area (Å²) in [6.45, 7) is 0. The first kappa shape index (κ1) is 35.0. The standard InChI is InChI=1S/C58H37N3/c1-3-14-38(15-4-1)40-26-32-43(33-27-40)55-59-56(44-34-28-41(29-35-44)39-16-5-2-6-17-39)61-57(60-55)45-36-30-42(31-37-45)46-21-13-25-53-54(46)49-20-9-12-24-52(49)58(53)50-22-10-7-18-47(50)48-19-8-11-23-51(48)58/h1-37H. The molecule has 284 valence electrons. The molecule has 0 fully saturated rings. The van der Waals surface area contributed by atoms with Crippen molar-refractivity contribution in [3.63, 3.8) is 0 Å². The first-order chi connectivity index (χ1) is 30.2. The van der Waals surface area contributed by atoms with Crippen molar-refractivity contribution in [3.8, 4) is 89.8 Å². The zero-order valence-electron chi connectivity index (χ0n) is 33.2. The van der Waals surface area contributed by atoms with E-state index in [0.29, 0.717) is 17.5 Å². The lowest BCUT2D eigenvalue weighted by atomic mass is 9.70. The second-order valence-electron chi connectivity index (χ2n) is 15.9. The maximum absolute atomic E-state index is 5.13. The number of benzene rings is 9. The van der Waals surface area contributed by atoms with Crippen LogP contribution in [0, 0.1) is 0 Å². The third-order valence-corrected chi connectivity index (χ3v) is 12.6. The lowest BCUT2D eigenvalue weighted by Crippen LogP contribution is -2.25. The third-order valence-electron chi connectivity index (χ3n) is 12.6. The molecule has 0 aliphatic heterocycles. The van der Waals surface area contributed by atoms with E-state index < -0.39 is 0 Å². The van der Waals surface area contributed by atoms with Crippen LogP contribution in [0.3, 0.4) is 0 Å². The number of hydrogen-bond donors (Lipinski definition) is 0. The Labute approximate surface area is 355 Å². The third kappa shape index (κ3) is 5.55. The van der Waals surface area contributed by atoms with Crippen LogP contribution in [0.1, 0.15) is 22.3 Å². The van der Waals surface area contributed by atoms with E-state index in [1.165, 1.54) is 61.2 Å². The average molecular weight is 776 g/mol. The van der Waals surface area contributed by atoms with Crippen LogP contribution >= 0.6 is 0 Å². The summed E-state index contributed by atoms with van der Waals surface area (Å²) in [5, 5.41) is 0. The summed E-state index contributed by atoms with van der Waals surface area (Å²) >= 11 is 0. The number of aromatic nitrogens is 3. The molecule has 0 saturated heterocycles. The first-order valence-corrected chi connectivity index (χ1v) is 20.9. The minimum Gasteiger partial charge on any atom is -0.208 e. The van der Waals surface area contributed by atoms with Gasteiger partial charge in [-0.2, -0.15) is 0 Å². The molecular weight excluding hydrogens is 739 g/mol. The molecule has 0 radical (unpaired) electrons. The molecule has 0 unspecified atom stereocenters. The molecule has 0 atom stereocenters. The Balaban J connectivity index is 0.966. The van der Waals surface area contributed by atoms with Gasteiger partial charge in [-0.05, 0) is 77.9 Å². The van der Waals surface area contributed by atoms with E-state index in [9.17, 15) is 0 Å². The highest BCUT2D eigenvalue weighted by Crippen LogP contribution is 2.63. The smallest absolute Gasteiger partial charge is 0.164 e. The van der Waals surface area contributed by atoms with E-state index in [2.05, 4.69) is 212 Å². The van der Waals surface area contributed by atoms with Crippen molar-refractivity contribution < 1.29 is 0 Å². The van der Waals surface area contributed by atoms with Gasteiger partial charge in [0.05, 0.1) is 5.41 Å². The Kier molecular flexibility index (Phi) is 8.07. The monoisotopic (exact) mass is 775 g/mol. The molecule has 1 spiro atoms. The molecule has 1 heterocycles. The molecule has 3 heteroatoms. The Bertz CT molecular complexity index is 3120. The van der Waals surface area contributed by atoms with Crippen molar-refractivity contribution in [2.75, 3.05) is 0 Å². The topological polar surface area (TPSA) is 38.7 Å². The summed E-state index contributed by atoms with van der Waals surface area (Å²) in [5.74, 6) is 1.90. The Morgan fingerprint density at radius 3 is 0.984 bits per heavy atom. The fourth-order valence-corrected chi connectivity index (χ4v) is 9.83. The maximum Gasteiger partial charge on any atom is 0.164 e. The Morgan fingerprint density at radius 2 is 0.525 bits per heavy atom. The van der Waals surface area contributed by atoms with E-state index in [1.807, 2.05) is 12.1 Å². The zero-order chi connectivity index (χ0) is 40.3. The minimum absolute atomic E-state index is 0.384. The molecule has 9 aromatic carbocycles. The van der Waals surface area contributed by atoms with Gasteiger partial charge in [0.1, 0.15) is 0 Å². The van der Waals surface area contributed by atoms with Crippen molar-refractivity contribution in [3.05, 3.63) is 247 Å². The molecule has 2 aliphatic rings. The van der Waals surface area contributed by atoms with Crippen LogP contribution < -0.4 is 0 Å². The van der Waals surface area contributed by atoms with Gasteiger partial charge in [-0.25, -0.2) is 15.0 Å². The van der Waals surface area contributed by atoms with Crippen molar-refractivity contribution in [1.82, 2.24) is 15.0 Å². The van der Waals surface area contributed by atoms with E-state index >= 15 is 0 Å². The molecule has 0 N–H and O–H groups in total. The van der Waals surface area contributed by atoms with Crippen molar-refractivity contribution in [2.24, 2.45) is 0 Å². The normalized spacial score (nSPS) is 12.7. The summed E-state index contributed by atoms with van der Waals surface area (Å²) in [6, 6.07) is 80.4. The van der Waals surface area contributed by atoms with E-state index in [0.717, 1.165) is 33.4 Å². The quantitative estimate of drug-likeness (QED) is 0.169. The molecular formula is C58H37N3. The highest BCUT2D eigenvalue weighted by Gasteiger charge is 2.51. The van der Waals surface area contributed by atoms with Crippen LogP contribution in [0.25, 0.3) is 89.8 Å². The van der Waals surface area contributed by atoms with Crippen LogP contribution in [-0.4, -0.2) is 15.0 Å². The second kappa shape index (κ2) is 14.1. The van der Waals surface area contributed by atoms with Crippen LogP contribution in [-0.2, 0) is 5.41 Å². The summed E-state index contributed by atoms with van der Waals surface area (Å²) in [6.07, 6.45) is 0. The highest BCUT2D eigenvalue weighted by molar-refractivity contribution is 6.00. The Morgan fingerprint density at radius 1 is 0.213 bits per heavy atom. The fourth-order valence-electron chi connectivity index (χ4n) is 9.83. The molecule has 12 rings (SSSR count). The second-order valence-corrected chi connectivity index (χ2v) is 15.9. The lowest BCUT2D eigenvalue weighted by Gasteiger charge is -2.30. The predicted octanol–water partition coefficient (Wildman–Crippen LogP) is 14.2. The van der Waals surface area contributed by atoms with Crippen molar-refractivity contribution in [1.29, 1.82) is 0 Å². The zero-order valence-corrected chi connectivity index (χ0v) is 33.2. The molecule has 2 aliphatic carbocycles. The molecule has 61 heavy (non-hydrogen) atoms. The Hall–Kier alpha value is -8.01. The summed E-state index contributed by atoms with van der Waals surface area (Å²) < 4.78 is 0. The maximum atomic E-state index is 5.13. The van der Waals surface area contributed by atoms with Gasteiger partial charge in [0.15, 0.2) is 17.5 Å². The van der Waals surface area contributed by atoms with Gasteiger partial charge >= 0.3 is 0 Å². The van der Waals surface area contributed by atoms with Gasteiger partial charge in [-0.15, -0.1) is 0 Å². The van der Waals surface area contributed by atoms with E-state index in [1.54, 1.807) is 0 Å². The molecule has 10 aromatic rings. The number of fused-ring (bicyclic) bond motifs is 10. The molecule has 0 saturated carbocycles.